The van der Waals surface area contributed by atoms with Crippen molar-refractivity contribution in [3.8, 4) is 5.75 Å². The van der Waals surface area contributed by atoms with Crippen LogP contribution >= 0.6 is 12.4 Å². The topological polar surface area (TPSA) is 87.7 Å². The van der Waals surface area contributed by atoms with Crippen LogP contribution in [-0.4, -0.2) is 47.9 Å². The molecule has 26 heavy (non-hydrogen) atoms. The van der Waals surface area contributed by atoms with Gasteiger partial charge in [-0.05, 0) is 44.5 Å². The predicted octanol–water partition coefficient (Wildman–Crippen LogP) is 1.00. The summed E-state index contributed by atoms with van der Waals surface area (Å²) in [6, 6.07) is 4.89. The molecule has 3 aliphatic rings. The van der Waals surface area contributed by atoms with Crippen molar-refractivity contribution in [3.63, 3.8) is 0 Å². The van der Waals surface area contributed by atoms with Crippen LogP contribution in [0.1, 0.15) is 41.6 Å². The van der Waals surface area contributed by atoms with Gasteiger partial charge in [-0.3, -0.25) is 19.7 Å². The Morgan fingerprint density at radius 2 is 1.85 bits per heavy atom. The van der Waals surface area contributed by atoms with E-state index < -0.39 is 11.9 Å². The van der Waals surface area contributed by atoms with Gasteiger partial charge in [0.05, 0.1) is 6.54 Å². The van der Waals surface area contributed by atoms with Gasteiger partial charge < -0.3 is 15.0 Å². The molecule has 3 heterocycles. The number of benzene rings is 1. The first-order valence-corrected chi connectivity index (χ1v) is 8.77. The van der Waals surface area contributed by atoms with Crippen LogP contribution in [0.4, 0.5) is 0 Å². The summed E-state index contributed by atoms with van der Waals surface area (Å²) < 4.78 is 6.15. The molecule has 140 valence electrons. The first kappa shape index (κ1) is 18.7. The number of fused-ring (bicyclic) bond motifs is 1. The summed E-state index contributed by atoms with van der Waals surface area (Å²) in [6.45, 7) is 2.21. The van der Waals surface area contributed by atoms with E-state index in [1.165, 1.54) is 0 Å². The quantitative estimate of drug-likeness (QED) is 0.765. The minimum Gasteiger partial charge on any atom is -0.490 e. The van der Waals surface area contributed by atoms with Crippen molar-refractivity contribution in [1.29, 1.82) is 0 Å². The average molecular weight is 380 g/mol. The lowest BCUT2D eigenvalue weighted by atomic mass is 10.0. The fraction of sp³-hybridized carbons (Fsp3) is 0.500. The van der Waals surface area contributed by atoms with Crippen LogP contribution in [-0.2, 0) is 16.1 Å². The lowest BCUT2D eigenvalue weighted by Crippen LogP contribution is -2.52. The molecule has 1 atom stereocenters. The first-order chi connectivity index (χ1) is 12.1. The van der Waals surface area contributed by atoms with E-state index in [2.05, 4.69) is 10.6 Å². The summed E-state index contributed by atoms with van der Waals surface area (Å²) in [5.41, 5.74) is 1.44. The van der Waals surface area contributed by atoms with Gasteiger partial charge in [-0.25, -0.2) is 0 Å². The number of nitrogens with one attached hydrogen (secondary N) is 2. The number of amides is 3. The van der Waals surface area contributed by atoms with Crippen LogP contribution in [0.25, 0.3) is 0 Å². The summed E-state index contributed by atoms with van der Waals surface area (Å²) in [5.74, 6) is -0.105. The summed E-state index contributed by atoms with van der Waals surface area (Å²) in [7, 11) is 0. The molecule has 2 saturated heterocycles. The maximum Gasteiger partial charge on any atom is 0.255 e. The van der Waals surface area contributed by atoms with E-state index in [0.717, 1.165) is 37.2 Å². The zero-order valence-corrected chi connectivity index (χ0v) is 15.1. The summed E-state index contributed by atoms with van der Waals surface area (Å²) in [4.78, 5) is 37.8. The second kappa shape index (κ2) is 7.63. The third-order valence-corrected chi connectivity index (χ3v) is 5.12. The Morgan fingerprint density at radius 3 is 2.58 bits per heavy atom. The average Bonchev–Trinajstić information content (AvgIpc) is 2.94. The number of piperidine rings is 2. The standard InChI is InChI=1S/C18H21N3O4.ClH/c22-16-5-4-14(17(23)20-16)21-10-13-12(18(21)24)2-1-3-15(13)25-11-6-8-19-9-7-11;/h1-3,11,14,19H,4-10H2,(H,20,22,23);1H/t14-;/m1./s1. The summed E-state index contributed by atoms with van der Waals surface area (Å²) in [6.07, 6.45) is 2.65. The van der Waals surface area contributed by atoms with Crippen molar-refractivity contribution in [2.45, 2.75) is 44.4 Å². The maximum atomic E-state index is 12.8. The Balaban J connectivity index is 0.00000196. The molecule has 0 bridgehead atoms. The predicted molar refractivity (Wildman–Crippen MR) is 96.3 cm³/mol. The number of hydrogen-bond donors (Lipinski definition) is 2. The van der Waals surface area contributed by atoms with E-state index in [0.29, 0.717) is 18.5 Å². The number of imide groups is 1. The van der Waals surface area contributed by atoms with Gasteiger partial charge in [0.1, 0.15) is 17.9 Å². The van der Waals surface area contributed by atoms with Crippen LogP contribution < -0.4 is 15.4 Å². The molecular formula is C18H22ClN3O4. The van der Waals surface area contributed by atoms with E-state index in [9.17, 15) is 14.4 Å². The molecule has 7 nitrogen and oxygen atoms in total. The third-order valence-electron chi connectivity index (χ3n) is 5.12. The minimum atomic E-state index is -0.593. The second-order valence-electron chi connectivity index (χ2n) is 6.75. The van der Waals surface area contributed by atoms with Gasteiger partial charge >= 0.3 is 0 Å². The van der Waals surface area contributed by atoms with E-state index in [-0.39, 0.29) is 36.7 Å². The van der Waals surface area contributed by atoms with Gasteiger partial charge in [-0.15, -0.1) is 12.4 Å². The number of nitrogens with zero attached hydrogens (tertiary/aromatic N) is 1. The first-order valence-electron chi connectivity index (χ1n) is 8.77. The second-order valence-corrected chi connectivity index (χ2v) is 6.75. The molecule has 0 saturated carbocycles. The smallest absolute Gasteiger partial charge is 0.255 e. The van der Waals surface area contributed by atoms with Gasteiger partial charge in [0.2, 0.25) is 11.8 Å². The molecule has 0 aromatic heterocycles. The van der Waals surface area contributed by atoms with Crippen LogP contribution in [0.3, 0.4) is 0 Å². The van der Waals surface area contributed by atoms with Gasteiger partial charge in [0.25, 0.3) is 5.91 Å². The largest absolute Gasteiger partial charge is 0.490 e. The molecule has 4 rings (SSSR count). The van der Waals surface area contributed by atoms with Crippen LogP contribution in [0.2, 0.25) is 0 Å². The third kappa shape index (κ3) is 3.41. The van der Waals surface area contributed by atoms with E-state index in [1.54, 1.807) is 11.0 Å². The number of halogens is 1. The Hall–Kier alpha value is -2.12. The molecule has 1 aromatic carbocycles. The van der Waals surface area contributed by atoms with Gasteiger partial charge in [-0.2, -0.15) is 0 Å². The molecule has 2 N–H and O–H groups in total. The molecular weight excluding hydrogens is 358 g/mol. The highest BCUT2D eigenvalue weighted by molar-refractivity contribution is 6.05. The van der Waals surface area contributed by atoms with E-state index in [4.69, 9.17) is 4.74 Å². The van der Waals surface area contributed by atoms with Crippen molar-refractivity contribution in [2.24, 2.45) is 0 Å². The van der Waals surface area contributed by atoms with Crippen LogP contribution in [0.15, 0.2) is 18.2 Å². The number of hydrogen-bond acceptors (Lipinski definition) is 5. The molecule has 0 radical (unpaired) electrons. The number of ether oxygens (including phenoxy) is 1. The zero-order chi connectivity index (χ0) is 17.4. The summed E-state index contributed by atoms with van der Waals surface area (Å²) >= 11 is 0. The normalized spacial score (nSPS) is 23.3. The van der Waals surface area contributed by atoms with Crippen molar-refractivity contribution < 1.29 is 19.1 Å². The molecule has 1 aromatic rings. The Labute approximate surface area is 157 Å². The zero-order valence-electron chi connectivity index (χ0n) is 14.3. The molecule has 3 aliphatic heterocycles. The van der Waals surface area contributed by atoms with E-state index >= 15 is 0 Å². The summed E-state index contributed by atoms with van der Waals surface area (Å²) in [5, 5.41) is 5.63. The highest BCUT2D eigenvalue weighted by Crippen LogP contribution is 2.34. The number of rotatable bonds is 3. The molecule has 0 spiro atoms. The fourth-order valence-corrected chi connectivity index (χ4v) is 3.76. The van der Waals surface area contributed by atoms with Gasteiger partial charge in [0.15, 0.2) is 0 Å². The monoisotopic (exact) mass is 379 g/mol. The molecule has 3 amide bonds. The molecule has 2 fully saturated rings. The Bertz CT molecular complexity index is 733. The molecule has 8 heteroatoms. The fourth-order valence-electron chi connectivity index (χ4n) is 3.76. The highest BCUT2D eigenvalue weighted by Gasteiger charge is 2.40. The van der Waals surface area contributed by atoms with Crippen molar-refractivity contribution in [2.75, 3.05) is 13.1 Å². The Morgan fingerprint density at radius 1 is 1.08 bits per heavy atom. The Kier molecular flexibility index (Phi) is 5.48. The molecule has 0 aliphatic carbocycles. The van der Waals surface area contributed by atoms with Crippen LogP contribution in [0.5, 0.6) is 5.75 Å². The van der Waals surface area contributed by atoms with Gasteiger partial charge in [-0.1, -0.05) is 6.07 Å². The SMILES string of the molecule is Cl.O=C1CC[C@@H](N2Cc3c(OC4CCNCC4)cccc3C2=O)C(=O)N1. The van der Waals surface area contributed by atoms with Crippen molar-refractivity contribution in [3.05, 3.63) is 29.3 Å². The number of carbonyl (C=O) groups excluding carboxylic acids is 3. The van der Waals surface area contributed by atoms with Gasteiger partial charge in [0, 0.05) is 17.5 Å². The highest BCUT2D eigenvalue weighted by atomic mass is 35.5. The van der Waals surface area contributed by atoms with Crippen molar-refractivity contribution in [1.82, 2.24) is 15.5 Å². The van der Waals surface area contributed by atoms with Crippen molar-refractivity contribution >= 4 is 30.1 Å². The van der Waals surface area contributed by atoms with E-state index in [1.807, 2.05) is 12.1 Å². The van der Waals surface area contributed by atoms with Crippen LogP contribution in [0, 0.1) is 0 Å². The maximum absolute atomic E-state index is 12.8. The lowest BCUT2D eigenvalue weighted by molar-refractivity contribution is -0.136. The number of carbonyl (C=O) groups is 3. The minimum absolute atomic E-state index is 0. The molecule has 0 unspecified atom stereocenters. The lowest BCUT2D eigenvalue weighted by Gasteiger charge is -2.29.